The second-order valence-electron chi connectivity index (χ2n) is 5.76. The minimum atomic E-state index is 0.0349. The molecule has 1 aromatic heterocycles. The van der Waals surface area contributed by atoms with Gasteiger partial charge in [-0.2, -0.15) is 0 Å². The average Bonchev–Trinajstić information content (AvgIpc) is 2.49. The zero-order valence-electron chi connectivity index (χ0n) is 12.4. The molecule has 0 radical (unpaired) electrons. The third kappa shape index (κ3) is 3.31. The Bertz CT molecular complexity index is 633. The van der Waals surface area contributed by atoms with E-state index in [1.54, 1.807) is 0 Å². The van der Waals surface area contributed by atoms with Crippen LogP contribution in [0, 0.1) is 0 Å². The van der Waals surface area contributed by atoms with Gasteiger partial charge in [-0.3, -0.25) is 10.8 Å². The monoisotopic (exact) mass is 281 g/mol. The maximum absolute atomic E-state index is 5.84. The second-order valence-corrected chi connectivity index (χ2v) is 5.76. The number of aromatic nitrogens is 1. The fourth-order valence-corrected chi connectivity index (χ4v) is 3.10. The van der Waals surface area contributed by atoms with Crippen LogP contribution in [0.15, 0.2) is 48.0 Å². The lowest BCUT2D eigenvalue weighted by Gasteiger charge is -2.21. The van der Waals surface area contributed by atoms with Crippen molar-refractivity contribution >= 4 is 10.9 Å². The summed E-state index contributed by atoms with van der Waals surface area (Å²) in [5.74, 6) is 5.84. The van der Waals surface area contributed by atoms with Crippen molar-refractivity contribution in [2.45, 2.75) is 44.6 Å². The normalized spacial score (nSPS) is 20.3. The Balaban J connectivity index is 1.92. The molecule has 3 N–H and O–H groups in total. The van der Waals surface area contributed by atoms with Gasteiger partial charge in [0.05, 0.1) is 17.3 Å². The van der Waals surface area contributed by atoms with Gasteiger partial charge < -0.3 is 0 Å². The molecule has 0 amide bonds. The predicted octanol–water partition coefficient (Wildman–Crippen LogP) is 4.02. The highest BCUT2D eigenvalue weighted by molar-refractivity contribution is 5.78. The summed E-state index contributed by atoms with van der Waals surface area (Å²) in [6.45, 7) is 0. The molecular weight excluding hydrogens is 258 g/mol. The van der Waals surface area contributed by atoms with E-state index in [0.29, 0.717) is 0 Å². The SMILES string of the molecule is NNC(/C1=C/CCCCCC1)c1ccc2ccccc2n1. The van der Waals surface area contributed by atoms with Crippen molar-refractivity contribution < 1.29 is 0 Å². The number of hydrazine groups is 1. The minimum Gasteiger partial charge on any atom is -0.271 e. The molecule has 1 unspecified atom stereocenters. The molecule has 1 aromatic carbocycles. The highest BCUT2D eigenvalue weighted by Gasteiger charge is 2.17. The van der Waals surface area contributed by atoms with Gasteiger partial charge in [-0.1, -0.05) is 48.8 Å². The van der Waals surface area contributed by atoms with Crippen LogP contribution < -0.4 is 11.3 Å². The zero-order chi connectivity index (χ0) is 14.5. The summed E-state index contributed by atoms with van der Waals surface area (Å²) >= 11 is 0. The molecule has 3 heteroatoms. The third-order valence-electron chi connectivity index (χ3n) is 4.28. The Morgan fingerprint density at radius 3 is 2.76 bits per heavy atom. The van der Waals surface area contributed by atoms with Crippen molar-refractivity contribution in [2.75, 3.05) is 0 Å². The molecule has 0 aliphatic heterocycles. The Kier molecular flexibility index (Phi) is 4.63. The van der Waals surface area contributed by atoms with Crippen molar-refractivity contribution in [3.63, 3.8) is 0 Å². The van der Waals surface area contributed by atoms with Crippen LogP contribution in [0.5, 0.6) is 0 Å². The maximum atomic E-state index is 5.84. The molecule has 1 atom stereocenters. The number of nitrogens with one attached hydrogen (secondary N) is 1. The molecule has 2 aromatic rings. The van der Waals surface area contributed by atoms with Gasteiger partial charge in [0.25, 0.3) is 0 Å². The number of benzene rings is 1. The Morgan fingerprint density at radius 2 is 1.86 bits per heavy atom. The van der Waals surface area contributed by atoms with Gasteiger partial charge in [-0.25, -0.2) is 5.43 Å². The molecule has 110 valence electrons. The zero-order valence-corrected chi connectivity index (χ0v) is 12.4. The van der Waals surface area contributed by atoms with E-state index in [4.69, 9.17) is 10.8 Å². The third-order valence-corrected chi connectivity index (χ3v) is 4.28. The van der Waals surface area contributed by atoms with Crippen molar-refractivity contribution in [1.29, 1.82) is 0 Å². The quantitative estimate of drug-likeness (QED) is 0.507. The molecule has 1 heterocycles. The maximum Gasteiger partial charge on any atom is 0.0841 e. The van der Waals surface area contributed by atoms with Crippen molar-refractivity contribution in [1.82, 2.24) is 10.4 Å². The average molecular weight is 281 g/mol. The molecule has 0 bridgehead atoms. The summed E-state index contributed by atoms with van der Waals surface area (Å²) in [4.78, 5) is 4.79. The molecule has 3 rings (SSSR count). The summed E-state index contributed by atoms with van der Waals surface area (Å²) in [5, 5.41) is 1.17. The number of fused-ring (bicyclic) bond motifs is 1. The smallest absolute Gasteiger partial charge is 0.0841 e. The minimum absolute atomic E-state index is 0.0349. The first-order valence-corrected chi connectivity index (χ1v) is 7.89. The van der Waals surface area contributed by atoms with E-state index in [1.165, 1.54) is 36.6 Å². The molecule has 1 aliphatic carbocycles. The van der Waals surface area contributed by atoms with Crippen LogP contribution in [0.3, 0.4) is 0 Å². The number of pyridine rings is 1. The number of rotatable bonds is 3. The fraction of sp³-hybridized carbons (Fsp3) is 0.389. The fourth-order valence-electron chi connectivity index (χ4n) is 3.10. The van der Waals surface area contributed by atoms with Gasteiger partial charge in [0.1, 0.15) is 0 Å². The number of nitrogens with two attached hydrogens (primary N) is 1. The highest BCUT2D eigenvalue weighted by Crippen LogP contribution is 2.28. The second kappa shape index (κ2) is 6.83. The molecule has 0 fully saturated rings. The Hall–Kier alpha value is -1.71. The summed E-state index contributed by atoms with van der Waals surface area (Å²) in [6.07, 6.45) is 9.83. The largest absolute Gasteiger partial charge is 0.271 e. The first kappa shape index (κ1) is 14.2. The van der Waals surface area contributed by atoms with Crippen LogP contribution in [0.4, 0.5) is 0 Å². The first-order chi connectivity index (χ1) is 10.4. The summed E-state index contributed by atoms with van der Waals surface area (Å²) in [5.41, 5.74) is 6.41. The molecule has 21 heavy (non-hydrogen) atoms. The molecule has 1 aliphatic rings. The van der Waals surface area contributed by atoms with E-state index in [1.807, 2.05) is 12.1 Å². The van der Waals surface area contributed by atoms with Crippen LogP contribution >= 0.6 is 0 Å². The lowest BCUT2D eigenvalue weighted by molar-refractivity contribution is 0.548. The summed E-state index contributed by atoms with van der Waals surface area (Å²) in [6, 6.07) is 12.5. The van der Waals surface area contributed by atoms with Gasteiger partial charge in [0.2, 0.25) is 0 Å². The molecule has 0 spiro atoms. The Morgan fingerprint density at radius 1 is 1.00 bits per heavy atom. The first-order valence-electron chi connectivity index (χ1n) is 7.89. The van der Waals surface area contributed by atoms with E-state index >= 15 is 0 Å². The molecular formula is C18H23N3. The van der Waals surface area contributed by atoms with E-state index < -0.39 is 0 Å². The standard InChI is InChI=1S/C18H23N3/c19-21-18(15-9-4-2-1-3-5-10-15)17-13-12-14-8-6-7-11-16(14)20-17/h6-9,11-13,18,21H,1-5,10,19H2/b15-9+. The highest BCUT2D eigenvalue weighted by atomic mass is 15.2. The van der Waals surface area contributed by atoms with E-state index in [9.17, 15) is 0 Å². The molecule has 0 saturated heterocycles. The van der Waals surface area contributed by atoms with Crippen LogP contribution in [0.1, 0.15) is 50.3 Å². The number of nitrogens with zero attached hydrogens (tertiary/aromatic N) is 1. The number of hydrogen-bond acceptors (Lipinski definition) is 3. The molecule has 0 saturated carbocycles. The van der Waals surface area contributed by atoms with Crippen molar-refractivity contribution in [2.24, 2.45) is 5.84 Å². The lowest BCUT2D eigenvalue weighted by Crippen LogP contribution is -2.30. The van der Waals surface area contributed by atoms with Crippen molar-refractivity contribution in [3.8, 4) is 0 Å². The van der Waals surface area contributed by atoms with Gasteiger partial charge in [-0.15, -0.1) is 0 Å². The van der Waals surface area contributed by atoms with Gasteiger partial charge >= 0.3 is 0 Å². The predicted molar refractivity (Wildman–Crippen MR) is 87.6 cm³/mol. The van der Waals surface area contributed by atoms with Gasteiger partial charge in [0, 0.05) is 5.39 Å². The van der Waals surface area contributed by atoms with E-state index in [2.05, 4.69) is 35.8 Å². The van der Waals surface area contributed by atoms with E-state index in [-0.39, 0.29) is 6.04 Å². The van der Waals surface area contributed by atoms with Gasteiger partial charge in [0.15, 0.2) is 0 Å². The van der Waals surface area contributed by atoms with Crippen LogP contribution in [-0.2, 0) is 0 Å². The number of allylic oxidation sites excluding steroid dienone is 1. The van der Waals surface area contributed by atoms with Crippen molar-refractivity contribution in [3.05, 3.63) is 53.7 Å². The Labute approximate surface area is 126 Å². The van der Waals surface area contributed by atoms with Crippen LogP contribution in [0.25, 0.3) is 10.9 Å². The number of hydrogen-bond donors (Lipinski definition) is 2. The summed E-state index contributed by atoms with van der Waals surface area (Å²) < 4.78 is 0. The summed E-state index contributed by atoms with van der Waals surface area (Å²) in [7, 11) is 0. The van der Waals surface area contributed by atoms with Gasteiger partial charge in [-0.05, 0) is 37.8 Å². The lowest BCUT2D eigenvalue weighted by atomic mass is 9.93. The number of para-hydroxylation sites is 1. The van der Waals surface area contributed by atoms with Crippen LogP contribution in [0.2, 0.25) is 0 Å². The topological polar surface area (TPSA) is 50.9 Å². The van der Waals surface area contributed by atoms with Crippen LogP contribution in [-0.4, -0.2) is 4.98 Å². The molecule has 3 nitrogen and oxygen atoms in total. The van der Waals surface area contributed by atoms with E-state index in [0.717, 1.165) is 24.1 Å².